The molecule has 9 heteroatoms. The zero-order valence-electron chi connectivity index (χ0n) is 17.1. The van der Waals surface area contributed by atoms with Crippen molar-refractivity contribution in [1.29, 1.82) is 0 Å². The van der Waals surface area contributed by atoms with Gasteiger partial charge in [-0.05, 0) is 54.1 Å². The van der Waals surface area contributed by atoms with E-state index in [9.17, 15) is 14.4 Å². The van der Waals surface area contributed by atoms with Gasteiger partial charge in [0, 0.05) is 16.9 Å². The minimum atomic E-state index is -0.624. The van der Waals surface area contributed by atoms with Crippen LogP contribution in [0.5, 0.6) is 5.75 Å². The fraction of sp³-hybridized carbons (Fsp3) is 0.130. The Morgan fingerprint density at radius 1 is 1.03 bits per heavy atom. The first kappa shape index (κ1) is 21.3. The van der Waals surface area contributed by atoms with Crippen LogP contribution in [0.4, 0.5) is 5.69 Å². The Morgan fingerprint density at radius 2 is 1.75 bits per heavy atom. The number of benzene rings is 2. The van der Waals surface area contributed by atoms with Crippen molar-refractivity contribution in [3.05, 3.63) is 98.3 Å². The van der Waals surface area contributed by atoms with Crippen LogP contribution in [0, 0.1) is 0 Å². The van der Waals surface area contributed by atoms with Crippen molar-refractivity contribution in [2.24, 2.45) is 0 Å². The number of nitrogens with zero attached hydrogens (tertiary/aromatic N) is 3. The first-order valence-corrected chi connectivity index (χ1v) is 10.1. The number of hydrogen-bond donors (Lipinski definition) is 1. The molecular weight excluding hydrogens is 432 g/mol. The van der Waals surface area contributed by atoms with Gasteiger partial charge < -0.3 is 10.1 Å². The number of halogens is 1. The molecule has 4 rings (SSSR count). The molecule has 0 saturated carbocycles. The van der Waals surface area contributed by atoms with E-state index >= 15 is 0 Å². The molecule has 0 aliphatic carbocycles. The highest BCUT2D eigenvalue weighted by molar-refractivity contribution is 6.30. The van der Waals surface area contributed by atoms with Gasteiger partial charge in [-0.15, -0.1) is 0 Å². The predicted molar refractivity (Wildman–Crippen MR) is 122 cm³/mol. The van der Waals surface area contributed by atoms with Crippen molar-refractivity contribution >= 4 is 34.2 Å². The van der Waals surface area contributed by atoms with E-state index in [-0.39, 0.29) is 24.1 Å². The summed E-state index contributed by atoms with van der Waals surface area (Å²) in [4.78, 5) is 43.1. The third-order valence-corrected chi connectivity index (χ3v) is 5.16. The molecule has 0 atom stereocenters. The molecule has 0 fully saturated rings. The maximum absolute atomic E-state index is 13.2. The van der Waals surface area contributed by atoms with Gasteiger partial charge in [-0.1, -0.05) is 23.7 Å². The van der Waals surface area contributed by atoms with Gasteiger partial charge in [0.2, 0.25) is 5.91 Å². The highest BCUT2D eigenvalue weighted by atomic mass is 35.5. The summed E-state index contributed by atoms with van der Waals surface area (Å²) in [6.45, 7) is -0.265. The molecule has 2 aromatic heterocycles. The number of fused-ring (bicyclic) bond motifs is 1. The van der Waals surface area contributed by atoms with Gasteiger partial charge in [0.15, 0.2) is 0 Å². The summed E-state index contributed by atoms with van der Waals surface area (Å²) in [6, 6.07) is 16.9. The summed E-state index contributed by atoms with van der Waals surface area (Å²) in [5.74, 6) is 0.226. The molecule has 0 unspecified atom stereocenters. The van der Waals surface area contributed by atoms with Gasteiger partial charge in [0.25, 0.3) is 5.56 Å². The van der Waals surface area contributed by atoms with E-state index in [1.807, 2.05) is 0 Å². The standard InChI is InChI=1S/C23H19ClN4O4/c1-32-18-10-8-17(9-11-18)26-20(29)14-27-21-19(3-2-12-25-21)22(30)28(23(27)31)13-15-4-6-16(24)7-5-15/h2-12H,13-14H2,1H3,(H,26,29). The molecule has 0 bridgehead atoms. The monoisotopic (exact) mass is 450 g/mol. The number of amides is 1. The first-order valence-electron chi connectivity index (χ1n) is 9.73. The lowest BCUT2D eigenvalue weighted by Crippen LogP contribution is -2.42. The maximum Gasteiger partial charge on any atom is 0.333 e. The van der Waals surface area contributed by atoms with Gasteiger partial charge in [-0.2, -0.15) is 0 Å². The second-order valence-electron chi connectivity index (χ2n) is 7.04. The number of carbonyl (C=O) groups excluding carboxylic acids is 1. The minimum Gasteiger partial charge on any atom is -0.497 e. The van der Waals surface area contributed by atoms with Crippen molar-refractivity contribution in [3.63, 3.8) is 0 Å². The SMILES string of the molecule is COc1ccc(NC(=O)Cn2c(=O)n(Cc3ccc(Cl)cc3)c(=O)c3cccnc32)cc1. The Morgan fingerprint density at radius 3 is 2.44 bits per heavy atom. The van der Waals surface area contributed by atoms with Gasteiger partial charge in [0.1, 0.15) is 17.9 Å². The molecule has 0 aliphatic rings. The molecule has 2 heterocycles. The fourth-order valence-electron chi connectivity index (χ4n) is 3.32. The van der Waals surface area contributed by atoms with Crippen LogP contribution in [0.1, 0.15) is 5.56 Å². The largest absolute Gasteiger partial charge is 0.497 e. The third-order valence-electron chi connectivity index (χ3n) is 4.91. The summed E-state index contributed by atoms with van der Waals surface area (Å²) >= 11 is 5.93. The van der Waals surface area contributed by atoms with Crippen LogP contribution in [-0.2, 0) is 17.9 Å². The van der Waals surface area contributed by atoms with E-state index < -0.39 is 17.2 Å². The highest BCUT2D eigenvalue weighted by Crippen LogP contribution is 2.15. The number of anilines is 1. The van der Waals surface area contributed by atoms with Crippen LogP contribution < -0.4 is 21.3 Å². The van der Waals surface area contributed by atoms with E-state index in [1.165, 1.54) is 10.8 Å². The summed E-state index contributed by atoms with van der Waals surface area (Å²) in [7, 11) is 1.55. The van der Waals surface area contributed by atoms with Crippen LogP contribution >= 0.6 is 11.6 Å². The molecule has 0 aliphatic heterocycles. The van der Waals surface area contributed by atoms with Crippen molar-refractivity contribution in [3.8, 4) is 5.75 Å². The van der Waals surface area contributed by atoms with Crippen LogP contribution in [0.25, 0.3) is 11.0 Å². The molecule has 0 radical (unpaired) electrons. The van der Waals surface area contributed by atoms with E-state index in [2.05, 4.69) is 10.3 Å². The summed E-state index contributed by atoms with van der Waals surface area (Å²) in [5.41, 5.74) is 0.335. The number of hydrogen-bond acceptors (Lipinski definition) is 5. The molecule has 162 valence electrons. The Kier molecular flexibility index (Phi) is 6.04. The number of rotatable bonds is 6. The lowest BCUT2D eigenvalue weighted by atomic mass is 10.2. The molecule has 0 spiro atoms. The average molecular weight is 451 g/mol. The van der Waals surface area contributed by atoms with Crippen molar-refractivity contribution in [2.45, 2.75) is 13.1 Å². The Balaban J connectivity index is 1.71. The Labute approximate surface area is 187 Å². The molecule has 32 heavy (non-hydrogen) atoms. The number of methoxy groups -OCH3 is 1. The van der Waals surface area contributed by atoms with Crippen molar-refractivity contribution in [1.82, 2.24) is 14.1 Å². The van der Waals surface area contributed by atoms with Gasteiger partial charge >= 0.3 is 5.69 Å². The zero-order chi connectivity index (χ0) is 22.7. The molecule has 2 aromatic carbocycles. The van der Waals surface area contributed by atoms with E-state index in [0.717, 1.165) is 10.1 Å². The van der Waals surface area contributed by atoms with Crippen molar-refractivity contribution in [2.75, 3.05) is 12.4 Å². The summed E-state index contributed by atoms with van der Waals surface area (Å²) in [5, 5.41) is 3.54. The van der Waals surface area contributed by atoms with Crippen LogP contribution in [-0.4, -0.2) is 27.1 Å². The topological polar surface area (TPSA) is 95.2 Å². The number of carbonyl (C=O) groups is 1. The Bertz CT molecular complexity index is 1390. The molecule has 0 saturated heterocycles. The number of aromatic nitrogens is 3. The smallest absolute Gasteiger partial charge is 0.333 e. The van der Waals surface area contributed by atoms with E-state index in [4.69, 9.17) is 16.3 Å². The molecular formula is C23H19ClN4O4. The van der Waals surface area contributed by atoms with Gasteiger partial charge in [-0.3, -0.25) is 18.7 Å². The molecule has 8 nitrogen and oxygen atoms in total. The van der Waals surface area contributed by atoms with Gasteiger partial charge in [-0.25, -0.2) is 9.78 Å². The van der Waals surface area contributed by atoms with Crippen molar-refractivity contribution < 1.29 is 9.53 Å². The van der Waals surface area contributed by atoms with Crippen LogP contribution in [0.3, 0.4) is 0 Å². The summed E-state index contributed by atoms with van der Waals surface area (Å²) in [6.07, 6.45) is 1.47. The third kappa shape index (κ3) is 4.40. The molecule has 4 aromatic rings. The number of nitrogens with one attached hydrogen (secondary N) is 1. The molecule has 1 amide bonds. The second kappa shape index (κ2) is 9.07. The predicted octanol–water partition coefficient (Wildman–Crippen LogP) is 2.91. The molecule has 1 N–H and O–H groups in total. The first-order chi connectivity index (χ1) is 15.5. The highest BCUT2D eigenvalue weighted by Gasteiger charge is 2.16. The number of pyridine rings is 1. The van der Waals surface area contributed by atoms with Crippen LogP contribution in [0.2, 0.25) is 5.02 Å². The number of ether oxygens (including phenoxy) is 1. The van der Waals surface area contributed by atoms with Gasteiger partial charge in [0.05, 0.1) is 19.0 Å². The Hall–Kier alpha value is -3.91. The lowest BCUT2D eigenvalue weighted by molar-refractivity contribution is -0.116. The summed E-state index contributed by atoms with van der Waals surface area (Å²) < 4.78 is 7.40. The fourth-order valence-corrected chi connectivity index (χ4v) is 3.45. The average Bonchev–Trinajstić information content (AvgIpc) is 2.81. The van der Waals surface area contributed by atoms with E-state index in [0.29, 0.717) is 16.5 Å². The second-order valence-corrected chi connectivity index (χ2v) is 7.47. The quantitative estimate of drug-likeness (QED) is 0.487. The lowest BCUT2D eigenvalue weighted by Gasteiger charge is -2.14. The zero-order valence-corrected chi connectivity index (χ0v) is 17.9. The van der Waals surface area contributed by atoms with Crippen LogP contribution in [0.15, 0.2) is 76.4 Å². The van der Waals surface area contributed by atoms with E-state index in [1.54, 1.807) is 67.8 Å². The normalized spacial score (nSPS) is 10.8. The maximum atomic E-state index is 13.2. The minimum absolute atomic E-state index is 0.0414.